The second kappa shape index (κ2) is 7.22. The van der Waals surface area contributed by atoms with Crippen LogP contribution in [0, 0.1) is 23.3 Å². The van der Waals surface area contributed by atoms with Crippen LogP contribution in [0.1, 0.15) is 10.4 Å². The van der Waals surface area contributed by atoms with Gasteiger partial charge in [0, 0.05) is 5.56 Å². The number of aromatic nitrogens is 1. The molecule has 0 aliphatic heterocycles. The van der Waals surface area contributed by atoms with Gasteiger partial charge in [-0.1, -0.05) is 0 Å². The number of carbonyl (C=O) groups excluding carboxylic acids is 1. The Balaban J connectivity index is 1.70. The highest BCUT2D eigenvalue weighted by Crippen LogP contribution is 2.23. The van der Waals surface area contributed by atoms with Crippen molar-refractivity contribution in [3.05, 3.63) is 83.6 Å². The number of hydrogen-bond acceptors (Lipinski definition) is 3. The summed E-state index contributed by atoms with van der Waals surface area (Å²) in [6.07, 6.45) is 1.28. The van der Waals surface area contributed by atoms with Crippen LogP contribution in [0.15, 0.2) is 54.7 Å². The van der Waals surface area contributed by atoms with Crippen LogP contribution in [0.5, 0.6) is 0 Å². The van der Waals surface area contributed by atoms with Gasteiger partial charge in [-0.3, -0.25) is 4.79 Å². The van der Waals surface area contributed by atoms with Crippen LogP contribution in [-0.4, -0.2) is 10.9 Å². The third kappa shape index (κ3) is 3.80. The van der Waals surface area contributed by atoms with Crippen molar-refractivity contribution < 1.29 is 22.4 Å². The topological polar surface area (TPSA) is 54.0 Å². The van der Waals surface area contributed by atoms with E-state index in [4.69, 9.17) is 0 Å². The summed E-state index contributed by atoms with van der Waals surface area (Å²) in [5, 5.41) is 5.07. The molecule has 0 radical (unpaired) electrons. The molecule has 0 atom stereocenters. The summed E-state index contributed by atoms with van der Waals surface area (Å²) >= 11 is 0. The molecule has 0 fully saturated rings. The molecule has 26 heavy (non-hydrogen) atoms. The van der Waals surface area contributed by atoms with E-state index in [1.807, 2.05) is 0 Å². The van der Waals surface area contributed by atoms with E-state index < -0.39 is 29.2 Å². The molecule has 0 aliphatic rings. The monoisotopic (exact) mass is 361 g/mol. The molecule has 2 aromatic carbocycles. The zero-order valence-corrected chi connectivity index (χ0v) is 13.1. The van der Waals surface area contributed by atoms with Gasteiger partial charge in [-0.15, -0.1) is 0 Å². The molecule has 3 rings (SSSR count). The zero-order valence-electron chi connectivity index (χ0n) is 13.1. The third-order valence-corrected chi connectivity index (χ3v) is 3.43. The second-order valence-corrected chi connectivity index (χ2v) is 5.24. The van der Waals surface area contributed by atoms with Crippen molar-refractivity contribution in [3.63, 3.8) is 0 Å². The Morgan fingerprint density at radius 3 is 2.23 bits per heavy atom. The summed E-state index contributed by atoms with van der Waals surface area (Å²) in [6.45, 7) is 0. The smallest absolute Gasteiger partial charge is 0.256 e. The number of amides is 1. The van der Waals surface area contributed by atoms with Gasteiger partial charge in [-0.05, 0) is 48.5 Å². The number of pyridine rings is 1. The van der Waals surface area contributed by atoms with E-state index >= 15 is 0 Å². The van der Waals surface area contributed by atoms with Crippen LogP contribution < -0.4 is 10.6 Å². The van der Waals surface area contributed by atoms with Crippen molar-refractivity contribution in [3.8, 4) is 0 Å². The normalized spacial score (nSPS) is 10.5. The van der Waals surface area contributed by atoms with Crippen molar-refractivity contribution in [1.82, 2.24) is 4.98 Å². The number of rotatable bonds is 4. The fraction of sp³-hybridized carbons (Fsp3) is 0. The molecule has 1 amide bonds. The van der Waals surface area contributed by atoms with Gasteiger partial charge in [-0.25, -0.2) is 22.5 Å². The maximum Gasteiger partial charge on any atom is 0.256 e. The van der Waals surface area contributed by atoms with Gasteiger partial charge >= 0.3 is 0 Å². The lowest BCUT2D eigenvalue weighted by Crippen LogP contribution is -2.12. The summed E-state index contributed by atoms with van der Waals surface area (Å²) in [6, 6.07) is 9.72. The second-order valence-electron chi connectivity index (χ2n) is 5.24. The van der Waals surface area contributed by atoms with Crippen molar-refractivity contribution in [2.45, 2.75) is 0 Å². The number of nitrogens with one attached hydrogen (secondary N) is 2. The molecule has 0 spiro atoms. The summed E-state index contributed by atoms with van der Waals surface area (Å²) in [4.78, 5) is 16.0. The van der Waals surface area contributed by atoms with E-state index in [1.165, 1.54) is 30.5 Å². The number of halogens is 4. The average Bonchev–Trinajstić information content (AvgIpc) is 2.64. The first-order chi connectivity index (χ1) is 12.4. The quantitative estimate of drug-likeness (QED) is 0.526. The molecule has 0 saturated heterocycles. The maximum absolute atomic E-state index is 13.6. The molecule has 4 nitrogen and oxygen atoms in total. The first kappa shape index (κ1) is 17.4. The molecule has 0 saturated carbocycles. The van der Waals surface area contributed by atoms with Crippen LogP contribution in [0.25, 0.3) is 0 Å². The molecule has 2 N–H and O–H groups in total. The molecular weight excluding hydrogens is 350 g/mol. The van der Waals surface area contributed by atoms with Crippen LogP contribution >= 0.6 is 0 Å². The standard InChI is InChI=1S/C18H11F4N3O/c19-11-3-1-10(2-4-11)18(26)25-15-8-5-12(9-23-15)24-14-7-6-13(20)16(21)17(14)22/h1-9,24H,(H,23,25,26). The van der Waals surface area contributed by atoms with Crippen LogP contribution in [0.3, 0.4) is 0 Å². The van der Waals surface area contributed by atoms with E-state index in [-0.39, 0.29) is 17.1 Å². The number of carbonyl (C=O) groups is 1. The molecular formula is C18H11F4N3O. The van der Waals surface area contributed by atoms with Crippen LogP contribution in [-0.2, 0) is 0 Å². The number of nitrogens with zero attached hydrogens (tertiary/aromatic N) is 1. The minimum absolute atomic E-state index is 0.204. The average molecular weight is 361 g/mol. The first-order valence-electron chi connectivity index (χ1n) is 7.37. The van der Waals surface area contributed by atoms with Gasteiger partial charge in [0.25, 0.3) is 5.91 Å². The number of hydrogen-bond donors (Lipinski definition) is 2. The molecule has 0 unspecified atom stereocenters. The molecule has 0 bridgehead atoms. The SMILES string of the molecule is O=C(Nc1ccc(Nc2ccc(F)c(F)c2F)cn1)c1ccc(F)cc1. The Morgan fingerprint density at radius 1 is 0.846 bits per heavy atom. The van der Waals surface area contributed by atoms with Gasteiger partial charge < -0.3 is 10.6 Å². The summed E-state index contributed by atoms with van der Waals surface area (Å²) < 4.78 is 52.6. The zero-order chi connectivity index (χ0) is 18.7. The third-order valence-electron chi connectivity index (χ3n) is 3.43. The molecule has 1 heterocycles. The largest absolute Gasteiger partial charge is 0.352 e. The molecule has 132 valence electrons. The molecule has 0 aliphatic carbocycles. The molecule has 3 aromatic rings. The van der Waals surface area contributed by atoms with Crippen molar-refractivity contribution in [2.75, 3.05) is 10.6 Å². The lowest BCUT2D eigenvalue weighted by Gasteiger charge is -2.09. The van der Waals surface area contributed by atoms with Crippen LogP contribution in [0.4, 0.5) is 34.8 Å². The van der Waals surface area contributed by atoms with Crippen molar-refractivity contribution >= 4 is 23.1 Å². The van der Waals surface area contributed by atoms with E-state index in [0.29, 0.717) is 5.69 Å². The Labute approximate surface area is 145 Å². The summed E-state index contributed by atoms with van der Waals surface area (Å²) in [7, 11) is 0. The minimum Gasteiger partial charge on any atom is -0.352 e. The van der Waals surface area contributed by atoms with E-state index in [2.05, 4.69) is 15.6 Å². The fourth-order valence-electron chi connectivity index (χ4n) is 2.11. The van der Waals surface area contributed by atoms with Gasteiger partial charge in [0.05, 0.1) is 17.6 Å². The van der Waals surface area contributed by atoms with E-state index in [0.717, 1.165) is 24.3 Å². The number of anilines is 3. The number of benzene rings is 2. The Bertz CT molecular complexity index is 944. The Kier molecular flexibility index (Phi) is 4.83. The van der Waals surface area contributed by atoms with Gasteiger partial charge in [0.15, 0.2) is 17.5 Å². The lowest BCUT2D eigenvalue weighted by atomic mass is 10.2. The van der Waals surface area contributed by atoms with E-state index in [1.54, 1.807) is 0 Å². The molecule has 1 aromatic heterocycles. The highest BCUT2D eigenvalue weighted by Gasteiger charge is 2.13. The van der Waals surface area contributed by atoms with Gasteiger partial charge in [0.2, 0.25) is 0 Å². The lowest BCUT2D eigenvalue weighted by molar-refractivity contribution is 0.102. The Morgan fingerprint density at radius 2 is 1.58 bits per heavy atom. The summed E-state index contributed by atoms with van der Waals surface area (Å²) in [5.41, 5.74) is 0.294. The van der Waals surface area contributed by atoms with Crippen molar-refractivity contribution in [1.29, 1.82) is 0 Å². The van der Waals surface area contributed by atoms with Gasteiger partial charge in [0.1, 0.15) is 11.6 Å². The fourth-order valence-corrected chi connectivity index (χ4v) is 2.11. The highest BCUT2D eigenvalue weighted by molar-refractivity contribution is 6.03. The first-order valence-corrected chi connectivity index (χ1v) is 7.37. The predicted molar refractivity (Wildman–Crippen MR) is 88.2 cm³/mol. The van der Waals surface area contributed by atoms with E-state index in [9.17, 15) is 22.4 Å². The predicted octanol–water partition coefficient (Wildman–Crippen LogP) is 4.63. The van der Waals surface area contributed by atoms with Crippen LogP contribution in [0.2, 0.25) is 0 Å². The molecule has 8 heteroatoms. The van der Waals surface area contributed by atoms with Crippen molar-refractivity contribution in [2.24, 2.45) is 0 Å². The minimum atomic E-state index is -1.58. The summed E-state index contributed by atoms with van der Waals surface area (Å²) in [5.74, 6) is -4.95. The van der Waals surface area contributed by atoms with Gasteiger partial charge in [-0.2, -0.15) is 0 Å². The maximum atomic E-state index is 13.6. The highest BCUT2D eigenvalue weighted by atomic mass is 19.2. The Hall–Kier alpha value is -3.42.